The van der Waals surface area contributed by atoms with E-state index in [4.69, 9.17) is 10.2 Å². The maximum absolute atomic E-state index is 12.1. The van der Waals surface area contributed by atoms with Gasteiger partial charge in [0.2, 0.25) is 0 Å². The third kappa shape index (κ3) is 3.24. The van der Waals surface area contributed by atoms with Crippen LogP contribution in [-0.2, 0) is 17.9 Å². The van der Waals surface area contributed by atoms with Crippen molar-refractivity contribution in [3.8, 4) is 0 Å². The Morgan fingerprint density at radius 2 is 2.12 bits per heavy atom. The van der Waals surface area contributed by atoms with Gasteiger partial charge in [-0.15, -0.1) is 0 Å². The molecule has 0 aliphatic rings. The molecule has 0 spiro atoms. The molecule has 0 aliphatic heterocycles. The first-order valence-corrected chi connectivity index (χ1v) is 4.81. The van der Waals surface area contributed by atoms with Gasteiger partial charge in [0.05, 0.1) is 6.54 Å². The van der Waals surface area contributed by atoms with Gasteiger partial charge in [0, 0.05) is 0 Å². The molecule has 0 aromatic carbocycles. The molecule has 2 N–H and O–H groups in total. The van der Waals surface area contributed by atoms with Crippen LogP contribution in [0.25, 0.3) is 0 Å². The smallest absolute Gasteiger partial charge is 0.414 e. The minimum Gasteiger partial charge on any atom is -0.462 e. The molecule has 16 heavy (non-hydrogen) atoms. The van der Waals surface area contributed by atoms with E-state index in [1.54, 1.807) is 13.0 Å². The average Bonchev–Trinajstić information content (AvgIpc) is 2.54. The molecule has 0 saturated carbocycles. The second-order valence-corrected chi connectivity index (χ2v) is 3.52. The number of hydrogen-bond acceptors (Lipinski definition) is 3. The van der Waals surface area contributed by atoms with Gasteiger partial charge < -0.3 is 14.9 Å². The molecule has 0 bridgehead atoms. The first-order chi connectivity index (χ1) is 7.34. The summed E-state index contributed by atoms with van der Waals surface area (Å²) in [7, 11) is 0. The van der Waals surface area contributed by atoms with E-state index in [-0.39, 0.29) is 13.2 Å². The van der Waals surface area contributed by atoms with Gasteiger partial charge in [-0.05, 0) is 25.5 Å². The van der Waals surface area contributed by atoms with Crippen LogP contribution in [0.1, 0.15) is 24.0 Å². The second kappa shape index (κ2) is 4.88. The monoisotopic (exact) mass is 237 g/mol. The van der Waals surface area contributed by atoms with Crippen LogP contribution in [0, 0.1) is 6.92 Å². The van der Waals surface area contributed by atoms with Gasteiger partial charge in [0.25, 0.3) is 0 Å². The molecule has 0 fully saturated rings. The van der Waals surface area contributed by atoms with E-state index in [0.29, 0.717) is 11.5 Å². The van der Waals surface area contributed by atoms with E-state index in [2.05, 4.69) is 4.74 Å². The molecule has 1 heterocycles. The molecule has 0 saturated heterocycles. The van der Waals surface area contributed by atoms with Gasteiger partial charge in [-0.1, -0.05) is 0 Å². The number of rotatable bonds is 4. The van der Waals surface area contributed by atoms with Crippen molar-refractivity contribution in [1.82, 2.24) is 0 Å². The predicted molar refractivity (Wildman–Crippen MR) is 51.6 cm³/mol. The fourth-order valence-corrected chi connectivity index (χ4v) is 1.17. The van der Waals surface area contributed by atoms with E-state index in [1.807, 2.05) is 0 Å². The number of furan rings is 1. The Morgan fingerprint density at radius 1 is 1.50 bits per heavy atom. The minimum atomic E-state index is -4.35. The largest absolute Gasteiger partial charge is 0.462 e. The minimum absolute atomic E-state index is 0.207. The van der Waals surface area contributed by atoms with Crippen molar-refractivity contribution in [2.45, 2.75) is 39.3 Å². The van der Waals surface area contributed by atoms with Crippen LogP contribution in [0.2, 0.25) is 0 Å². The number of ether oxygens (including phenoxy) is 1. The number of halogens is 3. The molecule has 3 nitrogen and oxygen atoms in total. The Kier molecular flexibility index (Phi) is 3.98. The SMILES string of the molecule is Cc1cc(COC(C)C(F)(F)F)oc1CN. The molecule has 92 valence electrons. The molecule has 0 aliphatic carbocycles. The number of aryl methyl sites for hydroxylation is 1. The van der Waals surface area contributed by atoms with Crippen molar-refractivity contribution in [1.29, 1.82) is 0 Å². The first-order valence-electron chi connectivity index (χ1n) is 4.81. The number of nitrogens with two attached hydrogens (primary N) is 1. The van der Waals surface area contributed by atoms with Crippen LogP contribution in [0.3, 0.4) is 0 Å². The lowest BCUT2D eigenvalue weighted by Crippen LogP contribution is -2.28. The first kappa shape index (κ1) is 13.1. The van der Waals surface area contributed by atoms with Crippen molar-refractivity contribution >= 4 is 0 Å². The predicted octanol–water partition coefficient (Wildman–Crippen LogP) is 2.51. The van der Waals surface area contributed by atoms with Crippen LogP contribution in [0.5, 0.6) is 0 Å². The third-order valence-corrected chi connectivity index (χ3v) is 2.19. The van der Waals surface area contributed by atoms with Crippen LogP contribution >= 0.6 is 0 Å². The zero-order valence-electron chi connectivity index (χ0n) is 9.10. The van der Waals surface area contributed by atoms with E-state index in [9.17, 15) is 13.2 Å². The molecule has 1 aromatic heterocycles. The van der Waals surface area contributed by atoms with Gasteiger partial charge >= 0.3 is 6.18 Å². The third-order valence-electron chi connectivity index (χ3n) is 2.19. The summed E-state index contributed by atoms with van der Waals surface area (Å²) in [6.45, 7) is 2.75. The Labute approximate surface area is 91.4 Å². The Bertz CT molecular complexity index is 346. The Hall–Kier alpha value is -1.01. The van der Waals surface area contributed by atoms with Crippen LogP contribution in [-0.4, -0.2) is 12.3 Å². The molecular weight excluding hydrogens is 223 g/mol. The highest BCUT2D eigenvalue weighted by Gasteiger charge is 2.37. The summed E-state index contributed by atoms with van der Waals surface area (Å²) >= 11 is 0. The van der Waals surface area contributed by atoms with E-state index in [0.717, 1.165) is 12.5 Å². The highest BCUT2D eigenvalue weighted by Crippen LogP contribution is 2.24. The highest BCUT2D eigenvalue weighted by molar-refractivity contribution is 5.19. The van der Waals surface area contributed by atoms with E-state index in [1.165, 1.54) is 0 Å². The van der Waals surface area contributed by atoms with Crippen molar-refractivity contribution in [3.05, 3.63) is 23.2 Å². The summed E-state index contributed by atoms with van der Waals surface area (Å²) in [6, 6.07) is 1.63. The maximum Gasteiger partial charge on any atom is 0.414 e. The summed E-state index contributed by atoms with van der Waals surface area (Å²) in [5, 5.41) is 0. The number of hydrogen-bond donors (Lipinski definition) is 1. The topological polar surface area (TPSA) is 48.4 Å². The van der Waals surface area contributed by atoms with Crippen molar-refractivity contribution in [2.24, 2.45) is 5.73 Å². The van der Waals surface area contributed by atoms with E-state index < -0.39 is 12.3 Å². The van der Waals surface area contributed by atoms with Crippen LogP contribution < -0.4 is 5.73 Å². The van der Waals surface area contributed by atoms with Crippen LogP contribution in [0.4, 0.5) is 13.2 Å². The van der Waals surface area contributed by atoms with Gasteiger partial charge in [0.1, 0.15) is 18.1 Å². The van der Waals surface area contributed by atoms with Gasteiger partial charge in [-0.3, -0.25) is 0 Å². The standard InChI is InChI=1S/C10H14F3NO2/c1-6-3-8(16-9(6)4-14)5-15-7(2)10(11,12)13/h3,7H,4-5,14H2,1-2H3. The lowest BCUT2D eigenvalue weighted by molar-refractivity contribution is -0.218. The lowest BCUT2D eigenvalue weighted by Gasteiger charge is -2.15. The van der Waals surface area contributed by atoms with Crippen molar-refractivity contribution < 1.29 is 22.3 Å². The normalized spacial score (nSPS) is 14.1. The van der Waals surface area contributed by atoms with Crippen LogP contribution in [0.15, 0.2) is 10.5 Å². The van der Waals surface area contributed by atoms with Crippen molar-refractivity contribution in [3.63, 3.8) is 0 Å². The summed E-state index contributed by atoms with van der Waals surface area (Å²) in [4.78, 5) is 0. The highest BCUT2D eigenvalue weighted by atomic mass is 19.4. The zero-order chi connectivity index (χ0) is 12.3. The van der Waals surface area contributed by atoms with Gasteiger partial charge in [-0.2, -0.15) is 13.2 Å². The summed E-state index contributed by atoms with van der Waals surface area (Å²) < 4.78 is 46.2. The second-order valence-electron chi connectivity index (χ2n) is 3.52. The molecule has 0 amide bonds. The molecule has 1 aromatic rings. The summed E-state index contributed by atoms with van der Waals surface area (Å²) in [5.41, 5.74) is 6.19. The fourth-order valence-electron chi connectivity index (χ4n) is 1.17. The Balaban J connectivity index is 2.55. The lowest BCUT2D eigenvalue weighted by atomic mass is 10.2. The van der Waals surface area contributed by atoms with Gasteiger partial charge in [-0.25, -0.2) is 0 Å². The summed E-state index contributed by atoms with van der Waals surface area (Å²) in [5.74, 6) is 0.923. The Morgan fingerprint density at radius 3 is 2.56 bits per heavy atom. The fraction of sp³-hybridized carbons (Fsp3) is 0.600. The molecule has 1 unspecified atom stereocenters. The van der Waals surface area contributed by atoms with E-state index >= 15 is 0 Å². The number of alkyl halides is 3. The molecule has 1 atom stereocenters. The molecule has 6 heteroatoms. The molecule has 1 rings (SSSR count). The summed E-state index contributed by atoms with van der Waals surface area (Å²) in [6.07, 6.45) is -6.16. The average molecular weight is 237 g/mol. The quantitative estimate of drug-likeness (QED) is 0.875. The maximum atomic E-state index is 12.1. The van der Waals surface area contributed by atoms with Crippen molar-refractivity contribution in [2.75, 3.05) is 0 Å². The molecule has 0 radical (unpaired) electrons. The molecular formula is C10H14F3NO2. The van der Waals surface area contributed by atoms with Gasteiger partial charge in [0.15, 0.2) is 6.10 Å². The zero-order valence-corrected chi connectivity index (χ0v) is 9.10.